The molecule has 0 unspecified atom stereocenters. The van der Waals surface area contributed by atoms with E-state index in [-0.39, 0.29) is 0 Å². The lowest BCUT2D eigenvalue weighted by Gasteiger charge is -2.04. The van der Waals surface area contributed by atoms with Crippen LogP contribution in [0.4, 0.5) is 22.0 Å². The van der Waals surface area contributed by atoms with Gasteiger partial charge >= 0.3 is 0 Å². The van der Waals surface area contributed by atoms with Crippen molar-refractivity contribution >= 4 is 23.1 Å². The van der Waals surface area contributed by atoms with E-state index in [2.05, 4.69) is 0 Å². The summed E-state index contributed by atoms with van der Waals surface area (Å²) < 4.78 is 84.3. The maximum absolute atomic E-state index is 12.8. The van der Waals surface area contributed by atoms with E-state index < -0.39 is 42.3 Å². The van der Waals surface area contributed by atoms with Gasteiger partial charge in [0.2, 0.25) is 14.1 Å². The SMILES string of the molecule is O=S(=O)(Br)c1c(F)c(F)c(F)c(F)c1F. The number of rotatable bonds is 1. The minimum atomic E-state index is -4.71. The van der Waals surface area contributed by atoms with Crippen LogP contribution in [0.1, 0.15) is 0 Å². The molecule has 1 aromatic rings. The minimum Gasteiger partial charge on any atom is -0.212 e. The summed E-state index contributed by atoms with van der Waals surface area (Å²) in [6, 6.07) is 0. The Hall–Kier alpha value is -0.700. The number of hydrogen-bond donors (Lipinski definition) is 0. The Kier molecular flexibility index (Phi) is 3.06. The quantitative estimate of drug-likeness (QED) is 0.346. The van der Waals surface area contributed by atoms with Gasteiger partial charge in [0.25, 0.3) is 0 Å². The fourth-order valence-electron chi connectivity index (χ4n) is 0.799. The van der Waals surface area contributed by atoms with Crippen LogP contribution < -0.4 is 0 Å². The first kappa shape index (κ1) is 12.4. The van der Waals surface area contributed by atoms with Crippen LogP contribution in [0.3, 0.4) is 0 Å². The van der Waals surface area contributed by atoms with Gasteiger partial charge in [-0.25, -0.2) is 30.4 Å². The third-order valence-corrected chi connectivity index (χ3v) is 3.23. The van der Waals surface area contributed by atoms with E-state index in [0.29, 0.717) is 0 Å². The van der Waals surface area contributed by atoms with Crippen molar-refractivity contribution in [2.75, 3.05) is 0 Å². The highest BCUT2D eigenvalue weighted by molar-refractivity contribution is 9.47. The molecule has 9 heteroatoms. The average Bonchev–Trinajstić information content (AvgIpc) is 2.09. The van der Waals surface area contributed by atoms with Gasteiger partial charge in [0.1, 0.15) is 0 Å². The van der Waals surface area contributed by atoms with E-state index in [0.717, 1.165) is 0 Å². The lowest BCUT2D eigenvalue weighted by atomic mass is 10.3. The summed E-state index contributed by atoms with van der Waals surface area (Å²) in [5.74, 6) is -11.8. The Morgan fingerprint density at radius 3 is 1.27 bits per heavy atom. The van der Waals surface area contributed by atoms with E-state index in [4.69, 9.17) is 0 Å². The first-order chi connectivity index (χ1) is 6.68. The zero-order valence-corrected chi connectivity index (χ0v) is 8.90. The maximum atomic E-state index is 12.8. The molecular weight excluding hydrogens is 311 g/mol. The van der Waals surface area contributed by atoms with Crippen molar-refractivity contribution in [1.29, 1.82) is 0 Å². The predicted octanol–water partition coefficient (Wildman–Crippen LogP) is 2.47. The molecule has 0 aliphatic heterocycles. The molecule has 0 bridgehead atoms. The van der Waals surface area contributed by atoms with Crippen LogP contribution in [0.5, 0.6) is 0 Å². The zero-order chi connectivity index (χ0) is 12.0. The van der Waals surface area contributed by atoms with Crippen molar-refractivity contribution < 1.29 is 30.4 Å². The van der Waals surface area contributed by atoms with E-state index >= 15 is 0 Å². The van der Waals surface area contributed by atoms with Gasteiger partial charge in [-0.1, -0.05) is 0 Å². The summed E-state index contributed by atoms with van der Waals surface area (Å²) in [6.45, 7) is 0. The molecule has 0 saturated carbocycles. The van der Waals surface area contributed by atoms with E-state index in [1.165, 1.54) is 0 Å². The fraction of sp³-hybridized carbons (Fsp3) is 0. The van der Waals surface area contributed by atoms with Gasteiger partial charge in [0.05, 0.1) is 14.8 Å². The van der Waals surface area contributed by atoms with Gasteiger partial charge in [-0.2, -0.15) is 0 Å². The fourth-order valence-corrected chi connectivity index (χ4v) is 2.26. The molecule has 0 aliphatic carbocycles. The molecule has 2 nitrogen and oxygen atoms in total. The minimum absolute atomic E-state index is 1.82. The first-order valence-electron chi connectivity index (χ1n) is 3.14. The first-order valence-corrected chi connectivity index (χ1v) is 6.46. The number of hydrogen-bond acceptors (Lipinski definition) is 2. The summed E-state index contributed by atoms with van der Waals surface area (Å²) in [4.78, 5) is -1.90. The third-order valence-electron chi connectivity index (χ3n) is 1.41. The molecule has 0 spiro atoms. The van der Waals surface area contributed by atoms with Gasteiger partial charge < -0.3 is 0 Å². The molecule has 0 atom stereocenters. The van der Waals surface area contributed by atoms with Gasteiger partial charge in [0, 0.05) is 0 Å². The molecule has 0 amide bonds. The molecule has 0 aliphatic rings. The Labute approximate surface area is 87.8 Å². The van der Waals surface area contributed by atoms with Crippen LogP contribution in [-0.2, 0) is 8.27 Å². The van der Waals surface area contributed by atoms with Crippen LogP contribution in [0.25, 0.3) is 0 Å². The second-order valence-corrected chi connectivity index (χ2v) is 6.18. The molecule has 0 aromatic heterocycles. The van der Waals surface area contributed by atoms with E-state index in [1.807, 2.05) is 14.8 Å². The van der Waals surface area contributed by atoms with Crippen molar-refractivity contribution in [1.82, 2.24) is 0 Å². The second kappa shape index (κ2) is 3.71. The lowest BCUT2D eigenvalue weighted by Crippen LogP contribution is -2.08. The smallest absolute Gasteiger partial charge is 0.212 e. The van der Waals surface area contributed by atoms with Crippen LogP contribution >= 0.6 is 14.8 Å². The van der Waals surface area contributed by atoms with Gasteiger partial charge in [-0.15, -0.1) is 0 Å². The molecule has 1 rings (SSSR count). The summed E-state index contributed by atoms with van der Waals surface area (Å²) >= 11 is 1.82. The Morgan fingerprint density at radius 2 is 1.00 bits per heavy atom. The van der Waals surface area contributed by atoms with Crippen molar-refractivity contribution in [3.63, 3.8) is 0 Å². The molecule has 0 heterocycles. The molecule has 0 fully saturated rings. The molecule has 0 N–H and O–H groups in total. The number of halogens is 6. The highest BCUT2D eigenvalue weighted by Gasteiger charge is 2.31. The van der Waals surface area contributed by atoms with Gasteiger partial charge in [0.15, 0.2) is 28.2 Å². The number of benzene rings is 1. The van der Waals surface area contributed by atoms with Crippen LogP contribution in [0, 0.1) is 29.1 Å². The highest BCUT2D eigenvalue weighted by Crippen LogP contribution is 2.29. The molecule has 0 radical (unpaired) electrons. The Bertz CT molecular complexity index is 498. The van der Waals surface area contributed by atoms with Crippen molar-refractivity contribution in [2.24, 2.45) is 0 Å². The summed E-state index contributed by atoms with van der Waals surface area (Å²) in [7, 11) is -4.71. The normalized spacial score (nSPS) is 11.9. The Balaban J connectivity index is 3.84. The largest absolute Gasteiger partial charge is 0.243 e. The van der Waals surface area contributed by atoms with Crippen molar-refractivity contribution in [3.8, 4) is 0 Å². The topological polar surface area (TPSA) is 34.1 Å². The average molecular weight is 311 g/mol. The Morgan fingerprint density at radius 1 is 0.733 bits per heavy atom. The molecular formula is C6BrF5O2S. The van der Waals surface area contributed by atoms with Gasteiger partial charge in [-0.3, -0.25) is 0 Å². The lowest BCUT2D eigenvalue weighted by molar-refractivity contribution is 0.358. The summed E-state index contributed by atoms with van der Waals surface area (Å²) in [5.41, 5.74) is 0. The molecule has 0 saturated heterocycles. The summed E-state index contributed by atoms with van der Waals surface area (Å²) in [5, 5.41) is 0. The monoisotopic (exact) mass is 310 g/mol. The van der Waals surface area contributed by atoms with E-state index in [9.17, 15) is 30.4 Å². The standard InChI is InChI=1S/C6BrF5O2S/c7-15(13,14)6-4(11)2(9)1(8)3(10)5(6)12. The molecule has 15 heavy (non-hydrogen) atoms. The van der Waals surface area contributed by atoms with Crippen LogP contribution in [0.15, 0.2) is 4.90 Å². The van der Waals surface area contributed by atoms with Crippen molar-refractivity contribution in [2.45, 2.75) is 4.90 Å². The van der Waals surface area contributed by atoms with Crippen molar-refractivity contribution in [3.05, 3.63) is 29.1 Å². The zero-order valence-electron chi connectivity index (χ0n) is 6.49. The maximum Gasteiger partial charge on any atom is 0.243 e. The molecule has 1 aromatic carbocycles. The third kappa shape index (κ3) is 1.98. The highest BCUT2D eigenvalue weighted by atomic mass is 79.9. The second-order valence-electron chi connectivity index (χ2n) is 2.34. The van der Waals surface area contributed by atoms with Crippen LogP contribution in [0.2, 0.25) is 0 Å². The van der Waals surface area contributed by atoms with E-state index in [1.54, 1.807) is 0 Å². The molecule has 84 valence electrons. The van der Waals surface area contributed by atoms with Gasteiger partial charge in [-0.05, 0) is 0 Å². The summed E-state index contributed by atoms with van der Waals surface area (Å²) in [6.07, 6.45) is 0. The predicted molar refractivity (Wildman–Crippen MR) is 42.3 cm³/mol. The van der Waals surface area contributed by atoms with Crippen LogP contribution in [-0.4, -0.2) is 8.42 Å².